The maximum Gasteiger partial charge on any atom is 0.189 e. The van der Waals surface area contributed by atoms with Gasteiger partial charge in [-0.15, -0.1) is 0 Å². The zero-order valence-electron chi connectivity index (χ0n) is 16.8. The van der Waals surface area contributed by atoms with Crippen molar-refractivity contribution in [2.75, 3.05) is 19.9 Å². The third kappa shape index (κ3) is 4.85. The van der Waals surface area contributed by atoms with Crippen molar-refractivity contribution in [1.82, 2.24) is 4.90 Å². The second kappa shape index (κ2) is 10.1. The molecule has 4 nitrogen and oxygen atoms in total. The molecule has 30 heavy (non-hydrogen) atoms. The Morgan fingerprint density at radius 3 is 2.27 bits per heavy atom. The topological polar surface area (TPSA) is 41.9 Å². The first-order valence-electron chi connectivity index (χ1n) is 10.2. The van der Waals surface area contributed by atoms with Crippen LogP contribution >= 0.6 is 11.6 Å². The van der Waals surface area contributed by atoms with Gasteiger partial charge in [0.1, 0.15) is 5.75 Å². The lowest BCUT2D eigenvalue weighted by Gasteiger charge is -2.34. The molecule has 5 heteroatoms. The van der Waals surface area contributed by atoms with Crippen LogP contribution in [0.1, 0.15) is 34.7 Å². The van der Waals surface area contributed by atoms with Crippen LogP contribution in [0.15, 0.2) is 72.8 Å². The lowest BCUT2D eigenvalue weighted by molar-refractivity contribution is -0.0176. The molecule has 0 unspecified atom stereocenters. The van der Waals surface area contributed by atoms with Crippen molar-refractivity contribution >= 4 is 11.6 Å². The summed E-state index contributed by atoms with van der Waals surface area (Å²) in [6.45, 7) is 2.28. The van der Waals surface area contributed by atoms with E-state index in [2.05, 4.69) is 53.4 Å². The normalized spacial score (nSPS) is 13.3. The van der Waals surface area contributed by atoms with Crippen LogP contribution in [0.2, 0.25) is 5.02 Å². The summed E-state index contributed by atoms with van der Waals surface area (Å²) in [6.07, 6.45) is 0.683. The minimum Gasteiger partial charge on any atom is -0.467 e. The second-order valence-electron chi connectivity index (χ2n) is 7.44. The first-order valence-corrected chi connectivity index (χ1v) is 10.6. The quantitative estimate of drug-likeness (QED) is 0.542. The van der Waals surface area contributed by atoms with Gasteiger partial charge < -0.3 is 14.6 Å². The van der Waals surface area contributed by atoms with E-state index in [1.54, 1.807) is 0 Å². The summed E-state index contributed by atoms with van der Waals surface area (Å²) < 4.78 is 11.3. The zero-order valence-corrected chi connectivity index (χ0v) is 17.6. The third-order valence-electron chi connectivity index (χ3n) is 5.32. The van der Waals surface area contributed by atoms with Crippen molar-refractivity contribution in [2.45, 2.75) is 25.6 Å². The molecule has 4 rings (SSSR count). The van der Waals surface area contributed by atoms with Gasteiger partial charge in [-0.25, -0.2) is 0 Å². The van der Waals surface area contributed by atoms with E-state index < -0.39 is 0 Å². The van der Waals surface area contributed by atoms with Crippen molar-refractivity contribution in [3.8, 4) is 5.75 Å². The summed E-state index contributed by atoms with van der Waals surface area (Å²) in [5.41, 5.74) is 4.43. The van der Waals surface area contributed by atoms with E-state index >= 15 is 0 Å². The molecule has 0 aliphatic carbocycles. The van der Waals surface area contributed by atoms with Crippen LogP contribution < -0.4 is 4.74 Å². The maximum atomic E-state index is 9.55. The van der Waals surface area contributed by atoms with Crippen molar-refractivity contribution in [3.63, 3.8) is 0 Å². The number of aliphatic hydroxyl groups excluding tert-OH is 1. The van der Waals surface area contributed by atoms with Crippen LogP contribution in [0.5, 0.6) is 5.75 Å². The molecule has 0 bridgehead atoms. The van der Waals surface area contributed by atoms with Crippen LogP contribution in [0.4, 0.5) is 0 Å². The molecular weight excluding hydrogens is 398 g/mol. The smallest absolute Gasteiger partial charge is 0.189 e. The Labute approximate surface area is 182 Å². The predicted octanol–water partition coefficient (Wildman–Crippen LogP) is 5.18. The van der Waals surface area contributed by atoms with E-state index in [1.807, 2.05) is 24.3 Å². The molecule has 0 atom stereocenters. The Kier molecular flexibility index (Phi) is 7.03. The first-order chi connectivity index (χ1) is 14.8. The summed E-state index contributed by atoms with van der Waals surface area (Å²) in [5.74, 6) is 0.861. The molecule has 0 saturated carbocycles. The fraction of sp³-hybridized carbons (Fsp3) is 0.280. The van der Waals surface area contributed by atoms with Crippen LogP contribution in [0.3, 0.4) is 0 Å². The van der Waals surface area contributed by atoms with Crippen LogP contribution in [-0.4, -0.2) is 30.0 Å². The lowest BCUT2D eigenvalue weighted by atomic mass is 9.96. The van der Waals surface area contributed by atoms with Crippen LogP contribution in [0.25, 0.3) is 0 Å². The Morgan fingerprint density at radius 2 is 1.63 bits per heavy atom. The SMILES string of the molecule is OCCCN(Cc1cc(Cl)cc2c1OCOC2)C(c1ccccc1)c1ccccc1. The highest BCUT2D eigenvalue weighted by Gasteiger charge is 2.25. The van der Waals surface area contributed by atoms with E-state index in [1.165, 1.54) is 11.1 Å². The van der Waals surface area contributed by atoms with Gasteiger partial charge in [-0.2, -0.15) is 0 Å². The number of hydrogen-bond donors (Lipinski definition) is 1. The van der Waals surface area contributed by atoms with Crippen molar-refractivity contribution < 1.29 is 14.6 Å². The summed E-state index contributed by atoms with van der Waals surface area (Å²) in [4.78, 5) is 2.38. The van der Waals surface area contributed by atoms with E-state index in [0.29, 0.717) is 24.6 Å². The van der Waals surface area contributed by atoms with Gasteiger partial charge in [0, 0.05) is 35.8 Å². The molecule has 1 aliphatic rings. The first kappa shape index (κ1) is 20.9. The van der Waals surface area contributed by atoms with E-state index in [-0.39, 0.29) is 19.4 Å². The number of ether oxygens (including phenoxy) is 2. The number of benzene rings is 3. The largest absolute Gasteiger partial charge is 0.467 e. The van der Waals surface area contributed by atoms with Crippen LogP contribution in [-0.2, 0) is 17.9 Å². The molecule has 1 heterocycles. The van der Waals surface area contributed by atoms with E-state index in [9.17, 15) is 5.11 Å². The molecule has 0 aromatic heterocycles. The highest BCUT2D eigenvalue weighted by atomic mass is 35.5. The molecule has 0 fully saturated rings. The van der Waals surface area contributed by atoms with Gasteiger partial charge in [0.25, 0.3) is 0 Å². The van der Waals surface area contributed by atoms with E-state index in [4.69, 9.17) is 21.1 Å². The van der Waals surface area contributed by atoms with Gasteiger partial charge in [0.2, 0.25) is 0 Å². The molecular formula is C25H26ClNO3. The molecule has 0 amide bonds. The fourth-order valence-electron chi connectivity index (χ4n) is 4.05. The van der Waals surface area contributed by atoms with Gasteiger partial charge in [-0.3, -0.25) is 4.90 Å². The highest BCUT2D eigenvalue weighted by Crippen LogP contribution is 2.36. The average Bonchev–Trinajstić information content (AvgIpc) is 2.79. The van der Waals surface area contributed by atoms with Gasteiger partial charge in [0.15, 0.2) is 6.79 Å². The zero-order chi connectivity index (χ0) is 20.8. The number of halogens is 1. The highest BCUT2D eigenvalue weighted by molar-refractivity contribution is 6.30. The summed E-state index contributed by atoms with van der Waals surface area (Å²) in [5, 5.41) is 10.2. The second-order valence-corrected chi connectivity index (χ2v) is 7.87. The molecule has 1 N–H and O–H groups in total. The monoisotopic (exact) mass is 423 g/mol. The van der Waals surface area contributed by atoms with E-state index in [0.717, 1.165) is 23.4 Å². The molecule has 1 aliphatic heterocycles. The van der Waals surface area contributed by atoms with Crippen molar-refractivity contribution in [2.24, 2.45) is 0 Å². The molecule has 0 saturated heterocycles. The molecule has 3 aromatic carbocycles. The Morgan fingerprint density at radius 1 is 0.967 bits per heavy atom. The van der Waals surface area contributed by atoms with Gasteiger partial charge >= 0.3 is 0 Å². The van der Waals surface area contributed by atoms with Gasteiger partial charge in [0.05, 0.1) is 12.6 Å². The molecule has 0 spiro atoms. The Hall–Kier alpha value is -2.37. The van der Waals surface area contributed by atoms with Crippen LogP contribution in [0, 0.1) is 0 Å². The molecule has 0 radical (unpaired) electrons. The van der Waals surface area contributed by atoms with Gasteiger partial charge in [-0.05, 0) is 29.7 Å². The number of fused-ring (bicyclic) bond motifs is 1. The third-order valence-corrected chi connectivity index (χ3v) is 5.54. The predicted molar refractivity (Wildman–Crippen MR) is 119 cm³/mol. The van der Waals surface area contributed by atoms with Gasteiger partial charge in [-0.1, -0.05) is 72.3 Å². The minimum atomic E-state index is 0.0495. The summed E-state index contributed by atoms with van der Waals surface area (Å²) >= 11 is 6.41. The fourth-order valence-corrected chi connectivity index (χ4v) is 4.31. The maximum absolute atomic E-state index is 9.55. The average molecular weight is 424 g/mol. The molecule has 156 valence electrons. The Bertz CT molecular complexity index is 910. The number of aliphatic hydroxyl groups is 1. The van der Waals surface area contributed by atoms with Crippen molar-refractivity contribution in [1.29, 1.82) is 0 Å². The molecule has 3 aromatic rings. The number of rotatable bonds is 8. The summed E-state index contributed by atoms with van der Waals surface area (Å²) in [6, 6.07) is 24.9. The summed E-state index contributed by atoms with van der Waals surface area (Å²) in [7, 11) is 0. The minimum absolute atomic E-state index is 0.0495. The number of hydrogen-bond acceptors (Lipinski definition) is 4. The standard InChI is InChI=1S/C25H26ClNO3/c26-23-14-21(25-22(15-23)17-29-18-30-25)16-27(12-7-13-28)24(19-8-3-1-4-9-19)20-10-5-2-6-11-20/h1-6,8-11,14-15,24,28H,7,12-13,16-18H2. The lowest BCUT2D eigenvalue weighted by Crippen LogP contribution is -2.31. The Balaban J connectivity index is 1.75. The number of nitrogens with zero attached hydrogens (tertiary/aromatic N) is 1. The van der Waals surface area contributed by atoms with Crippen molar-refractivity contribution in [3.05, 3.63) is 100 Å².